The molecule has 0 bridgehead atoms. The van der Waals surface area contributed by atoms with Crippen LogP contribution in [0.1, 0.15) is 22.3 Å². The van der Waals surface area contributed by atoms with Crippen LogP contribution in [0.4, 0.5) is 13.2 Å². The molecule has 1 nitrogen and oxygen atoms in total. The molecule has 0 fully saturated rings. The molecule has 2 aromatic rings. The molecule has 0 aliphatic carbocycles. The summed E-state index contributed by atoms with van der Waals surface area (Å²) < 4.78 is 42.9. The molecule has 0 aliphatic heterocycles. The predicted octanol–water partition coefficient (Wildman–Crippen LogP) is 4.90. The quantitative estimate of drug-likeness (QED) is 0.777. The molecular formula is C16H15F3O. The number of hydrogen-bond donors (Lipinski definition) is 0. The van der Waals surface area contributed by atoms with Crippen molar-refractivity contribution in [1.29, 1.82) is 0 Å². The third kappa shape index (κ3) is 3.53. The molecule has 0 amide bonds. The number of alkyl halides is 3. The van der Waals surface area contributed by atoms with Crippen LogP contribution >= 0.6 is 0 Å². The van der Waals surface area contributed by atoms with Crippen LogP contribution in [0.15, 0.2) is 42.5 Å². The monoisotopic (exact) mass is 280 g/mol. The number of ether oxygens (including phenoxy) is 1. The molecule has 0 aromatic heterocycles. The SMILES string of the molecule is Cc1ccc(OCc2ccc(C(F)(F)F)cc2)c(C)c1. The van der Waals surface area contributed by atoms with Gasteiger partial charge in [-0.3, -0.25) is 0 Å². The van der Waals surface area contributed by atoms with Crippen LogP contribution in [0.5, 0.6) is 5.75 Å². The van der Waals surface area contributed by atoms with Crippen LogP contribution in [0, 0.1) is 13.8 Å². The topological polar surface area (TPSA) is 9.23 Å². The molecule has 0 saturated heterocycles. The van der Waals surface area contributed by atoms with Crippen molar-refractivity contribution in [2.75, 3.05) is 0 Å². The Morgan fingerprint density at radius 1 is 0.950 bits per heavy atom. The minimum atomic E-state index is -4.30. The zero-order valence-corrected chi connectivity index (χ0v) is 11.3. The number of aryl methyl sites for hydroxylation is 2. The summed E-state index contributed by atoms with van der Waals surface area (Å²) in [6.45, 7) is 4.18. The van der Waals surface area contributed by atoms with Crippen molar-refractivity contribution in [3.63, 3.8) is 0 Å². The van der Waals surface area contributed by atoms with E-state index in [1.807, 2.05) is 32.0 Å². The average molecular weight is 280 g/mol. The Kier molecular flexibility index (Phi) is 4.02. The van der Waals surface area contributed by atoms with E-state index in [0.29, 0.717) is 5.56 Å². The molecule has 2 aromatic carbocycles. The van der Waals surface area contributed by atoms with Crippen LogP contribution in [0.3, 0.4) is 0 Å². The highest BCUT2D eigenvalue weighted by Crippen LogP contribution is 2.29. The van der Waals surface area contributed by atoms with Gasteiger partial charge in [-0.25, -0.2) is 0 Å². The largest absolute Gasteiger partial charge is 0.489 e. The van der Waals surface area contributed by atoms with Gasteiger partial charge in [-0.05, 0) is 43.2 Å². The van der Waals surface area contributed by atoms with Gasteiger partial charge in [0.2, 0.25) is 0 Å². The molecule has 0 aliphatic rings. The summed E-state index contributed by atoms with van der Waals surface area (Å²) in [5.74, 6) is 0.746. The second-order valence-electron chi connectivity index (χ2n) is 4.75. The van der Waals surface area contributed by atoms with E-state index in [1.54, 1.807) is 0 Å². The van der Waals surface area contributed by atoms with Crippen LogP contribution in [0.25, 0.3) is 0 Å². The van der Waals surface area contributed by atoms with Gasteiger partial charge in [0, 0.05) is 0 Å². The fourth-order valence-electron chi connectivity index (χ4n) is 1.91. The Balaban J connectivity index is 2.04. The van der Waals surface area contributed by atoms with Gasteiger partial charge in [-0.2, -0.15) is 13.2 Å². The molecule has 106 valence electrons. The van der Waals surface area contributed by atoms with Gasteiger partial charge in [0.25, 0.3) is 0 Å². The van der Waals surface area contributed by atoms with Crippen molar-refractivity contribution in [3.05, 3.63) is 64.7 Å². The lowest BCUT2D eigenvalue weighted by molar-refractivity contribution is -0.137. The summed E-state index contributed by atoms with van der Waals surface area (Å²) in [6.07, 6.45) is -4.30. The van der Waals surface area contributed by atoms with Crippen molar-refractivity contribution in [3.8, 4) is 5.75 Å². The Bertz CT molecular complexity index is 586. The number of halogens is 3. The maximum Gasteiger partial charge on any atom is 0.416 e. The van der Waals surface area contributed by atoms with E-state index in [1.165, 1.54) is 12.1 Å². The van der Waals surface area contributed by atoms with Crippen LogP contribution < -0.4 is 4.74 Å². The van der Waals surface area contributed by atoms with Gasteiger partial charge < -0.3 is 4.74 Å². The van der Waals surface area contributed by atoms with E-state index in [0.717, 1.165) is 29.0 Å². The highest BCUT2D eigenvalue weighted by molar-refractivity contribution is 5.36. The van der Waals surface area contributed by atoms with Gasteiger partial charge in [0.1, 0.15) is 12.4 Å². The Morgan fingerprint density at radius 3 is 2.15 bits per heavy atom. The van der Waals surface area contributed by atoms with Crippen molar-refractivity contribution >= 4 is 0 Å². The van der Waals surface area contributed by atoms with Gasteiger partial charge in [-0.15, -0.1) is 0 Å². The van der Waals surface area contributed by atoms with E-state index in [2.05, 4.69) is 0 Å². The van der Waals surface area contributed by atoms with Crippen molar-refractivity contribution in [2.24, 2.45) is 0 Å². The lowest BCUT2D eigenvalue weighted by Crippen LogP contribution is -2.05. The summed E-state index contributed by atoms with van der Waals surface area (Å²) in [4.78, 5) is 0. The maximum absolute atomic E-state index is 12.4. The van der Waals surface area contributed by atoms with Gasteiger partial charge in [0.15, 0.2) is 0 Å². The van der Waals surface area contributed by atoms with Crippen LogP contribution in [0.2, 0.25) is 0 Å². The summed E-state index contributed by atoms with van der Waals surface area (Å²) in [6, 6.07) is 10.8. The summed E-state index contributed by atoms with van der Waals surface area (Å²) in [7, 11) is 0. The Labute approximate surface area is 116 Å². The minimum absolute atomic E-state index is 0.252. The molecule has 0 heterocycles. The first kappa shape index (κ1) is 14.4. The zero-order valence-electron chi connectivity index (χ0n) is 11.3. The van der Waals surface area contributed by atoms with Gasteiger partial charge in [0.05, 0.1) is 5.56 Å². The lowest BCUT2D eigenvalue weighted by Gasteiger charge is -2.11. The molecule has 0 radical (unpaired) electrons. The zero-order chi connectivity index (χ0) is 14.8. The second kappa shape index (κ2) is 5.57. The Morgan fingerprint density at radius 2 is 1.60 bits per heavy atom. The average Bonchev–Trinajstić information content (AvgIpc) is 2.37. The molecule has 0 spiro atoms. The Hall–Kier alpha value is -1.97. The molecule has 4 heteroatoms. The fraction of sp³-hybridized carbons (Fsp3) is 0.250. The lowest BCUT2D eigenvalue weighted by atomic mass is 10.1. The number of rotatable bonds is 3. The standard InChI is InChI=1S/C16H15F3O/c1-11-3-8-15(12(2)9-11)20-10-13-4-6-14(7-5-13)16(17,18)19/h3-9H,10H2,1-2H3. The first-order valence-electron chi connectivity index (χ1n) is 6.22. The smallest absolute Gasteiger partial charge is 0.416 e. The van der Waals surface area contributed by atoms with Gasteiger partial charge >= 0.3 is 6.18 Å². The highest BCUT2D eigenvalue weighted by atomic mass is 19.4. The van der Waals surface area contributed by atoms with E-state index in [9.17, 15) is 13.2 Å². The first-order chi connectivity index (χ1) is 9.36. The minimum Gasteiger partial charge on any atom is -0.489 e. The van der Waals surface area contributed by atoms with Crippen LogP contribution in [-0.2, 0) is 12.8 Å². The van der Waals surface area contributed by atoms with E-state index >= 15 is 0 Å². The summed E-state index contributed by atoms with van der Waals surface area (Å²) in [5.41, 5.74) is 2.21. The summed E-state index contributed by atoms with van der Waals surface area (Å²) in [5, 5.41) is 0. The molecule has 0 atom stereocenters. The predicted molar refractivity (Wildman–Crippen MR) is 71.7 cm³/mol. The third-order valence-corrected chi connectivity index (χ3v) is 3.01. The summed E-state index contributed by atoms with van der Waals surface area (Å²) >= 11 is 0. The highest BCUT2D eigenvalue weighted by Gasteiger charge is 2.29. The van der Waals surface area contributed by atoms with Gasteiger partial charge in [-0.1, -0.05) is 29.8 Å². The van der Waals surface area contributed by atoms with Crippen LogP contribution in [-0.4, -0.2) is 0 Å². The van der Waals surface area contributed by atoms with E-state index in [-0.39, 0.29) is 6.61 Å². The third-order valence-electron chi connectivity index (χ3n) is 3.01. The second-order valence-corrected chi connectivity index (χ2v) is 4.75. The molecule has 20 heavy (non-hydrogen) atoms. The van der Waals surface area contributed by atoms with Crippen molar-refractivity contribution < 1.29 is 17.9 Å². The van der Waals surface area contributed by atoms with E-state index < -0.39 is 11.7 Å². The number of hydrogen-bond acceptors (Lipinski definition) is 1. The molecule has 0 N–H and O–H groups in total. The van der Waals surface area contributed by atoms with Crippen molar-refractivity contribution in [2.45, 2.75) is 26.6 Å². The van der Waals surface area contributed by atoms with Crippen molar-refractivity contribution in [1.82, 2.24) is 0 Å². The first-order valence-corrected chi connectivity index (χ1v) is 6.22. The molecular weight excluding hydrogens is 265 g/mol. The molecule has 2 rings (SSSR count). The van der Waals surface area contributed by atoms with E-state index in [4.69, 9.17) is 4.74 Å². The number of benzene rings is 2. The fourth-order valence-corrected chi connectivity index (χ4v) is 1.91. The molecule has 0 unspecified atom stereocenters. The maximum atomic E-state index is 12.4. The molecule has 0 saturated carbocycles. The normalized spacial score (nSPS) is 11.4.